The summed E-state index contributed by atoms with van der Waals surface area (Å²) in [6.07, 6.45) is -0.0139. The molecule has 0 spiro atoms. The molecule has 0 radical (unpaired) electrons. The van der Waals surface area contributed by atoms with Crippen LogP contribution in [0.15, 0.2) is 47.5 Å². The standard InChI is InChI=1S/C16H9Cl2NO2/c17-9-5-10(18)7-11(6-9)19-14-8-15(20)12-3-1-2-4-13(12)16(14)21/h1-7H,8H2. The first-order valence-corrected chi connectivity index (χ1v) is 7.01. The summed E-state index contributed by atoms with van der Waals surface area (Å²) in [6, 6.07) is 11.5. The van der Waals surface area contributed by atoms with Crippen molar-refractivity contribution in [2.24, 2.45) is 4.99 Å². The van der Waals surface area contributed by atoms with Crippen molar-refractivity contribution in [3.8, 4) is 0 Å². The van der Waals surface area contributed by atoms with E-state index in [4.69, 9.17) is 23.2 Å². The second-order valence-electron chi connectivity index (χ2n) is 4.66. The Morgan fingerprint density at radius 3 is 2.19 bits per heavy atom. The number of nitrogens with zero attached hydrogens (tertiary/aromatic N) is 1. The van der Waals surface area contributed by atoms with Crippen LogP contribution in [0.3, 0.4) is 0 Å². The van der Waals surface area contributed by atoms with E-state index in [-0.39, 0.29) is 23.7 Å². The molecule has 0 fully saturated rings. The van der Waals surface area contributed by atoms with Crippen molar-refractivity contribution in [2.45, 2.75) is 6.42 Å². The van der Waals surface area contributed by atoms with Gasteiger partial charge in [-0.1, -0.05) is 47.5 Å². The summed E-state index contributed by atoms with van der Waals surface area (Å²) in [6.45, 7) is 0. The average Bonchev–Trinajstić information content (AvgIpc) is 2.43. The number of hydrogen-bond acceptors (Lipinski definition) is 3. The smallest absolute Gasteiger partial charge is 0.208 e. The van der Waals surface area contributed by atoms with Crippen molar-refractivity contribution in [1.82, 2.24) is 0 Å². The first kappa shape index (κ1) is 14.0. The minimum Gasteiger partial charge on any atom is -0.294 e. The second-order valence-corrected chi connectivity index (χ2v) is 5.53. The molecule has 0 aromatic heterocycles. The lowest BCUT2D eigenvalue weighted by molar-refractivity contribution is 0.0965. The van der Waals surface area contributed by atoms with E-state index in [2.05, 4.69) is 4.99 Å². The first-order chi connectivity index (χ1) is 10.0. The maximum atomic E-state index is 12.4. The molecule has 2 aromatic carbocycles. The minimum atomic E-state index is -0.235. The van der Waals surface area contributed by atoms with Gasteiger partial charge in [-0.3, -0.25) is 9.59 Å². The van der Waals surface area contributed by atoms with Crippen LogP contribution in [0.2, 0.25) is 10.0 Å². The van der Waals surface area contributed by atoms with Crippen molar-refractivity contribution in [3.63, 3.8) is 0 Å². The average molecular weight is 318 g/mol. The van der Waals surface area contributed by atoms with Gasteiger partial charge in [0.05, 0.1) is 17.8 Å². The van der Waals surface area contributed by atoms with Gasteiger partial charge in [-0.25, -0.2) is 4.99 Å². The van der Waals surface area contributed by atoms with Gasteiger partial charge in [0.15, 0.2) is 5.78 Å². The van der Waals surface area contributed by atoms with Crippen molar-refractivity contribution in [2.75, 3.05) is 0 Å². The molecule has 0 atom stereocenters. The van der Waals surface area contributed by atoms with E-state index in [1.165, 1.54) is 0 Å². The van der Waals surface area contributed by atoms with Gasteiger partial charge >= 0.3 is 0 Å². The quantitative estimate of drug-likeness (QED) is 0.775. The van der Waals surface area contributed by atoms with Crippen molar-refractivity contribution < 1.29 is 9.59 Å². The number of halogens is 2. The summed E-state index contributed by atoms with van der Waals surface area (Å²) < 4.78 is 0. The largest absolute Gasteiger partial charge is 0.294 e. The molecule has 0 saturated heterocycles. The molecule has 0 amide bonds. The van der Waals surface area contributed by atoms with E-state index in [0.29, 0.717) is 26.9 Å². The van der Waals surface area contributed by atoms with Crippen LogP contribution in [-0.4, -0.2) is 17.3 Å². The van der Waals surface area contributed by atoms with Gasteiger partial charge in [-0.15, -0.1) is 0 Å². The Morgan fingerprint density at radius 2 is 1.52 bits per heavy atom. The highest BCUT2D eigenvalue weighted by Crippen LogP contribution is 2.27. The fraction of sp³-hybridized carbons (Fsp3) is 0.0625. The topological polar surface area (TPSA) is 46.5 Å². The van der Waals surface area contributed by atoms with Crippen molar-refractivity contribution >= 4 is 46.2 Å². The summed E-state index contributed by atoms with van der Waals surface area (Å²) >= 11 is 11.8. The van der Waals surface area contributed by atoms with E-state index in [9.17, 15) is 9.59 Å². The number of aliphatic imine (C=N–C) groups is 1. The molecule has 2 aromatic rings. The number of fused-ring (bicyclic) bond motifs is 1. The third-order valence-corrected chi connectivity index (χ3v) is 3.61. The summed E-state index contributed by atoms with van der Waals surface area (Å²) in [5.74, 6) is -0.349. The van der Waals surface area contributed by atoms with E-state index in [1.54, 1.807) is 42.5 Å². The lowest BCUT2D eigenvalue weighted by Crippen LogP contribution is -2.26. The molecule has 0 unspecified atom stereocenters. The third-order valence-electron chi connectivity index (χ3n) is 3.17. The number of Topliss-reactive ketones (excluding diaryl/α,β-unsaturated/α-hetero) is 2. The van der Waals surface area contributed by atoms with E-state index in [1.807, 2.05) is 0 Å². The van der Waals surface area contributed by atoms with Gasteiger partial charge in [-0.05, 0) is 18.2 Å². The van der Waals surface area contributed by atoms with Gasteiger partial charge in [0.2, 0.25) is 5.78 Å². The van der Waals surface area contributed by atoms with Gasteiger partial charge in [0.25, 0.3) is 0 Å². The number of ketones is 2. The molecule has 21 heavy (non-hydrogen) atoms. The zero-order chi connectivity index (χ0) is 15.0. The van der Waals surface area contributed by atoms with Crippen LogP contribution >= 0.6 is 23.2 Å². The third kappa shape index (κ3) is 2.75. The summed E-state index contributed by atoms with van der Waals surface area (Å²) in [5.41, 5.74) is 1.51. The van der Waals surface area contributed by atoms with E-state index >= 15 is 0 Å². The van der Waals surface area contributed by atoms with Crippen molar-refractivity contribution in [3.05, 3.63) is 63.6 Å². The number of carbonyl (C=O) groups excluding carboxylic acids is 2. The Labute approximate surface area is 131 Å². The molecule has 3 nitrogen and oxygen atoms in total. The molecule has 0 bridgehead atoms. The zero-order valence-electron chi connectivity index (χ0n) is 10.8. The molecule has 0 saturated carbocycles. The highest BCUT2D eigenvalue weighted by molar-refractivity contribution is 6.53. The maximum absolute atomic E-state index is 12.4. The summed E-state index contributed by atoms with van der Waals surface area (Å²) in [4.78, 5) is 28.7. The molecule has 0 heterocycles. The van der Waals surface area contributed by atoms with Gasteiger partial charge in [-0.2, -0.15) is 0 Å². The predicted molar refractivity (Wildman–Crippen MR) is 83.3 cm³/mol. The second kappa shape index (κ2) is 5.43. The minimum absolute atomic E-state index is 0.0139. The lowest BCUT2D eigenvalue weighted by Gasteiger charge is -2.15. The van der Waals surface area contributed by atoms with Crippen LogP contribution in [0.4, 0.5) is 5.69 Å². The van der Waals surface area contributed by atoms with Crippen LogP contribution in [0.25, 0.3) is 0 Å². The fourth-order valence-electron chi connectivity index (χ4n) is 2.26. The van der Waals surface area contributed by atoms with Gasteiger partial charge < -0.3 is 0 Å². The monoisotopic (exact) mass is 317 g/mol. The van der Waals surface area contributed by atoms with Gasteiger partial charge in [0, 0.05) is 21.2 Å². The van der Waals surface area contributed by atoms with Crippen LogP contribution in [0, 0.1) is 0 Å². The molecule has 1 aliphatic carbocycles. The van der Waals surface area contributed by atoms with Crippen LogP contribution < -0.4 is 0 Å². The molecular weight excluding hydrogens is 309 g/mol. The van der Waals surface area contributed by atoms with E-state index < -0.39 is 0 Å². The van der Waals surface area contributed by atoms with Crippen molar-refractivity contribution in [1.29, 1.82) is 0 Å². The van der Waals surface area contributed by atoms with E-state index in [0.717, 1.165) is 0 Å². The molecule has 1 aliphatic rings. The zero-order valence-corrected chi connectivity index (χ0v) is 12.3. The SMILES string of the molecule is O=C1CC(=Nc2cc(Cl)cc(Cl)c2)C(=O)c2ccccc21. The maximum Gasteiger partial charge on any atom is 0.208 e. The predicted octanol–water partition coefficient (Wildman–Crippen LogP) is 4.54. The highest BCUT2D eigenvalue weighted by Gasteiger charge is 2.28. The Balaban J connectivity index is 2.06. The van der Waals surface area contributed by atoms with Crippen LogP contribution in [-0.2, 0) is 0 Å². The lowest BCUT2D eigenvalue weighted by atomic mass is 9.88. The molecule has 5 heteroatoms. The first-order valence-electron chi connectivity index (χ1n) is 6.25. The molecular formula is C16H9Cl2NO2. The molecule has 0 N–H and O–H groups in total. The molecule has 0 aliphatic heterocycles. The Bertz CT molecular complexity index is 776. The Kier molecular flexibility index (Phi) is 3.62. The number of carbonyl (C=O) groups is 2. The molecule has 3 rings (SSSR count). The van der Waals surface area contributed by atoms with Crippen LogP contribution in [0.5, 0.6) is 0 Å². The number of benzene rings is 2. The Morgan fingerprint density at radius 1 is 0.905 bits per heavy atom. The normalized spacial score (nSPS) is 16.2. The number of rotatable bonds is 1. The van der Waals surface area contributed by atoms with Gasteiger partial charge in [0.1, 0.15) is 0 Å². The molecule has 104 valence electrons. The fourth-order valence-corrected chi connectivity index (χ4v) is 2.77. The Hall–Kier alpha value is -1.97. The summed E-state index contributed by atoms with van der Waals surface area (Å²) in [7, 11) is 0. The number of hydrogen-bond donors (Lipinski definition) is 0. The van der Waals surface area contributed by atoms with Crippen LogP contribution in [0.1, 0.15) is 27.1 Å². The highest BCUT2D eigenvalue weighted by atomic mass is 35.5. The summed E-state index contributed by atoms with van der Waals surface area (Å²) in [5, 5.41) is 0.855.